The average Bonchev–Trinajstić information content (AvgIpc) is 3.59. The number of ketones is 1. The molecule has 4 aromatic rings. The zero-order chi connectivity index (χ0) is 29.1. The van der Waals surface area contributed by atoms with Crippen molar-refractivity contribution in [2.45, 2.75) is 51.1 Å². The Morgan fingerprint density at radius 1 is 1.12 bits per heavy atom. The minimum atomic E-state index is -1.48. The average molecular weight is 558 g/mol. The predicted molar refractivity (Wildman–Crippen MR) is 147 cm³/mol. The molecule has 0 bridgehead atoms. The lowest BCUT2D eigenvalue weighted by Gasteiger charge is -2.19. The lowest BCUT2D eigenvalue weighted by atomic mass is 10.1. The van der Waals surface area contributed by atoms with Gasteiger partial charge < -0.3 is 20.2 Å². The maximum Gasteiger partial charge on any atom is 0.305 e. The minimum Gasteiger partial charge on any atom is -0.481 e. The van der Waals surface area contributed by atoms with Gasteiger partial charge in [-0.05, 0) is 37.0 Å². The van der Waals surface area contributed by atoms with E-state index in [1.807, 2.05) is 30.3 Å². The fraction of sp³-hybridized carbons (Fsp3) is 0.276. The number of carboxylic acids is 1. The van der Waals surface area contributed by atoms with E-state index in [4.69, 9.17) is 4.42 Å². The first-order valence-electron chi connectivity index (χ1n) is 13.1. The highest BCUT2D eigenvalue weighted by Crippen LogP contribution is 2.25. The van der Waals surface area contributed by atoms with Crippen molar-refractivity contribution in [3.05, 3.63) is 87.9 Å². The number of hydrogen-bond acceptors (Lipinski definition) is 8. The molecule has 1 aliphatic heterocycles. The number of benzene rings is 2. The van der Waals surface area contributed by atoms with Crippen LogP contribution in [0.2, 0.25) is 0 Å². The van der Waals surface area contributed by atoms with Crippen molar-refractivity contribution in [2.75, 3.05) is 5.32 Å². The van der Waals surface area contributed by atoms with Crippen LogP contribution in [0.5, 0.6) is 0 Å². The summed E-state index contributed by atoms with van der Waals surface area (Å²) in [5, 5.41) is 14.5. The number of nitrogens with zero attached hydrogens (tertiary/aromatic N) is 3. The Bertz CT molecular complexity index is 1710. The lowest BCUT2D eigenvalue weighted by molar-refractivity contribution is -0.137. The first-order valence-corrected chi connectivity index (χ1v) is 13.1. The second-order valence-electron chi connectivity index (χ2n) is 9.82. The summed E-state index contributed by atoms with van der Waals surface area (Å²) in [6.45, 7) is 1.78. The molecule has 3 heterocycles. The molecule has 12 nitrogen and oxygen atoms in total. The van der Waals surface area contributed by atoms with E-state index in [9.17, 15) is 29.1 Å². The number of carbonyl (C=O) groups is 4. The number of carbonyl (C=O) groups excluding carboxylic acids is 3. The van der Waals surface area contributed by atoms with Gasteiger partial charge in [0.2, 0.25) is 17.6 Å². The van der Waals surface area contributed by atoms with Crippen LogP contribution >= 0.6 is 0 Å². The highest BCUT2D eigenvalue weighted by atomic mass is 16.4. The maximum atomic E-state index is 13.3. The van der Waals surface area contributed by atoms with Gasteiger partial charge in [-0.15, -0.1) is 0 Å². The Balaban J connectivity index is 1.32. The monoisotopic (exact) mass is 557 g/mol. The number of amides is 2. The van der Waals surface area contributed by atoms with E-state index >= 15 is 0 Å². The van der Waals surface area contributed by atoms with Gasteiger partial charge >= 0.3 is 5.97 Å². The molecule has 12 heteroatoms. The van der Waals surface area contributed by atoms with Crippen LogP contribution < -0.4 is 16.2 Å². The number of carboxylic acid groups (broad SMARTS) is 1. The Morgan fingerprint density at radius 2 is 1.90 bits per heavy atom. The summed E-state index contributed by atoms with van der Waals surface area (Å²) in [4.78, 5) is 72.3. The standard InChI is InChI=1S/C29H27N5O7/c1-16-6-5-9-18-26(16)41-28(33-18)25(38)19(14-24(36)37)32-27(39)21-11-12-22-30-15-20(29(40)34(21)22)31-23(35)13-10-17-7-3-2-4-8-17/h2-9,15,19,21H,10-14H2,1H3,(H,31,35)(H,32,39)(H,36,37)/t19-,21-/m0/s1. The number of fused-ring (bicyclic) bond motifs is 2. The van der Waals surface area contributed by atoms with Gasteiger partial charge in [0.15, 0.2) is 5.58 Å². The molecule has 210 valence electrons. The van der Waals surface area contributed by atoms with Crippen LogP contribution in [-0.4, -0.2) is 49.3 Å². The Morgan fingerprint density at radius 3 is 2.63 bits per heavy atom. The van der Waals surface area contributed by atoms with Gasteiger partial charge in [0.25, 0.3) is 11.4 Å². The van der Waals surface area contributed by atoms with Crippen molar-refractivity contribution in [3.8, 4) is 0 Å². The third-order valence-corrected chi connectivity index (χ3v) is 6.92. The van der Waals surface area contributed by atoms with Crippen LogP contribution in [0.25, 0.3) is 11.1 Å². The SMILES string of the molecule is Cc1cccc2nc(C(=O)[C@H](CC(=O)O)NC(=O)[C@@H]3CCc4ncc(NC(=O)CCc5ccccc5)c(=O)n43)oc12. The van der Waals surface area contributed by atoms with Gasteiger partial charge in [0.1, 0.15) is 29.1 Å². The van der Waals surface area contributed by atoms with E-state index in [1.54, 1.807) is 25.1 Å². The molecule has 2 aromatic carbocycles. The first-order chi connectivity index (χ1) is 19.7. The van der Waals surface area contributed by atoms with Gasteiger partial charge in [-0.3, -0.25) is 28.5 Å². The number of rotatable bonds is 10. The highest BCUT2D eigenvalue weighted by molar-refractivity contribution is 6.02. The number of aromatic nitrogens is 3. The van der Waals surface area contributed by atoms with Gasteiger partial charge in [-0.1, -0.05) is 42.5 Å². The van der Waals surface area contributed by atoms with Crippen molar-refractivity contribution < 1.29 is 28.7 Å². The van der Waals surface area contributed by atoms with Gasteiger partial charge in [-0.2, -0.15) is 0 Å². The molecule has 0 radical (unpaired) electrons. The highest BCUT2D eigenvalue weighted by Gasteiger charge is 2.35. The Hall–Kier alpha value is -5.13. The van der Waals surface area contributed by atoms with E-state index in [2.05, 4.69) is 20.6 Å². The number of aliphatic carboxylic acids is 1. The summed E-state index contributed by atoms with van der Waals surface area (Å²) in [7, 11) is 0. The van der Waals surface area contributed by atoms with Gasteiger partial charge in [0, 0.05) is 12.8 Å². The molecule has 41 heavy (non-hydrogen) atoms. The third kappa shape index (κ3) is 5.91. The molecule has 0 unspecified atom stereocenters. The smallest absolute Gasteiger partial charge is 0.305 e. The zero-order valence-corrected chi connectivity index (χ0v) is 22.1. The van der Waals surface area contributed by atoms with E-state index in [1.165, 1.54) is 10.8 Å². The number of para-hydroxylation sites is 1. The van der Waals surface area contributed by atoms with Crippen molar-refractivity contribution in [1.29, 1.82) is 0 Å². The molecule has 2 amide bonds. The van der Waals surface area contributed by atoms with E-state index in [0.29, 0.717) is 29.8 Å². The lowest BCUT2D eigenvalue weighted by Crippen LogP contribution is -2.46. The van der Waals surface area contributed by atoms with Gasteiger partial charge in [0.05, 0.1) is 12.6 Å². The van der Waals surface area contributed by atoms with E-state index in [0.717, 1.165) is 11.1 Å². The zero-order valence-electron chi connectivity index (χ0n) is 22.1. The summed E-state index contributed by atoms with van der Waals surface area (Å²) in [5.74, 6) is -3.22. The van der Waals surface area contributed by atoms with E-state index in [-0.39, 0.29) is 30.3 Å². The minimum absolute atomic E-state index is 0.0773. The summed E-state index contributed by atoms with van der Waals surface area (Å²) in [6.07, 6.45) is 1.68. The molecule has 5 rings (SSSR count). The Labute approximate surface area is 233 Å². The number of oxazole rings is 1. The predicted octanol–water partition coefficient (Wildman–Crippen LogP) is 2.59. The number of aryl methyl sites for hydroxylation is 3. The molecule has 0 aliphatic carbocycles. The fourth-order valence-electron chi connectivity index (χ4n) is 4.85. The van der Waals surface area contributed by atoms with Crippen molar-refractivity contribution in [1.82, 2.24) is 19.9 Å². The molecule has 0 fully saturated rings. The quantitative estimate of drug-likeness (QED) is 0.248. The largest absolute Gasteiger partial charge is 0.481 e. The molecular weight excluding hydrogens is 530 g/mol. The molecule has 0 spiro atoms. The molecule has 0 saturated heterocycles. The van der Waals surface area contributed by atoms with Crippen molar-refractivity contribution in [3.63, 3.8) is 0 Å². The first kappa shape index (κ1) is 27.4. The van der Waals surface area contributed by atoms with Crippen LogP contribution in [0.4, 0.5) is 5.69 Å². The van der Waals surface area contributed by atoms with Crippen molar-refractivity contribution >= 4 is 40.4 Å². The van der Waals surface area contributed by atoms with Gasteiger partial charge in [-0.25, -0.2) is 9.97 Å². The number of Topliss-reactive ketones (excluding diaryl/α,β-unsaturated/α-hetero) is 1. The van der Waals surface area contributed by atoms with Crippen LogP contribution in [0.3, 0.4) is 0 Å². The third-order valence-electron chi connectivity index (χ3n) is 6.92. The van der Waals surface area contributed by atoms with Crippen LogP contribution in [0.15, 0.2) is 63.9 Å². The van der Waals surface area contributed by atoms with Crippen LogP contribution in [0.1, 0.15) is 52.9 Å². The Kier molecular flexibility index (Phi) is 7.72. The molecular formula is C29H27N5O7. The maximum absolute atomic E-state index is 13.3. The molecule has 2 aromatic heterocycles. The second kappa shape index (κ2) is 11.5. The number of anilines is 1. The fourth-order valence-corrected chi connectivity index (χ4v) is 4.85. The topological polar surface area (TPSA) is 173 Å². The summed E-state index contributed by atoms with van der Waals surface area (Å²) < 4.78 is 6.77. The summed E-state index contributed by atoms with van der Waals surface area (Å²) >= 11 is 0. The number of hydrogen-bond donors (Lipinski definition) is 3. The normalized spacial score (nSPS) is 14.8. The molecule has 3 N–H and O–H groups in total. The summed E-state index contributed by atoms with van der Waals surface area (Å²) in [5.41, 5.74) is 1.83. The molecule has 2 atom stereocenters. The summed E-state index contributed by atoms with van der Waals surface area (Å²) in [6, 6.07) is 12.1. The second-order valence-corrected chi connectivity index (χ2v) is 9.82. The van der Waals surface area contributed by atoms with Crippen LogP contribution in [0, 0.1) is 6.92 Å². The van der Waals surface area contributed by atoms with Crippen LogP contribution in [-0.2, 0) is 27.2 Å². The molecule has 0 saturated carbocycles. The molecule has 1 aliphatic rings. The van der Waals surface area contributed by atoms with E-state index < -0.39 is 41.7 Å². The number of nitrogens with one attached hydrogen (secondary N) is 2. The van der Waals surface area contributed by atoms with Crippen molar-refractivity contribution in [2.24, 2.45) is 0 Å².